The van der Waals surface area contributed by atoms with Crippen LogP contribution in [0.1, 0.15) is 29.8 Å². The van der Waals surface area contributed by atoms with E-state index in [1.165, 1.54) is 11.8 Å². The van der Waals surface area contributed by atoms with Gasteiger partial charge in [-0.1, -0.05) is 30.0 Å². The number of rotatable bonds is 5. The zero-order valence-corrected chi connectivity index (χ0v) is 16.6. The van der Waals surface area contributed by atoms with Gasteiger partial charge in [0, 0.05) is 42.8 Å². The minimum atomic E-state index is -0.270. The zero-order valence-electron chi connectivity index (χ0n) is 15.8. The maximum absolute atomic E-state index is 13.0. The molecule has 5 nitrogen and oxygen atoms in total. The van der Waals surface area contributed by atoms with Gasteiger partial charge in [0.2, 0.25) is 5.91 Å². The summed E-state index contributed by atoms with van der Waals surface area (Å²) >= 11 is 1.45. The molecule has 0 unspecified atom stereocenters. The molecule has 3 aromatic rings. The second-order valence-electron chi connectivity index (χ2n) is 6.80. The van der Waals surface area contributed by atoms with Crippen LogP contribution in [0.5, 0.6) is 0 Å². The standard InChI is InChI=1S/C22H21N3O2S/c1-15(28-22-23-11-13-25(22)19-6-4-3-5-7-19)21(27)18-8-9-20-17(14-18)10-12-24(20)16(2)26/h3-9,11,13-15H,10,12H2,1-2H3/t15-/m0/s1. The first kappa shape index (κ1) is 18.5. The quantitative estimate of drug-likeness (QED) is 0.484. The van der Waals surface area contributed by atoms with E-state index in [4.69, 9.17) is 0 Å². The third kappa shape index (κ3) is 3.47. The fourth-order valence-electron chi connectivity index (χ4n) is 3.49. The SMILES string of the molecule is CC(=O)N1CCc2cc(C(=O)[C@H](C)Sc3nccn3-c3ccccc3)ccc21. The molecule has 142 valence electrons. The number of anilines is 1. The van der Waals surface area contributed by atoms with E-state index < -0.39 is 0 Å². The van der Waals surface area contributed by atoms with Crippen LogP contribution in [0.15, 0.2) is 66.1 Å². The Morgan fingerprint density at radius 1 is 1.14 bits per heavy atom. The van der Waals surface area contributed by atoms with Gasteiger partial charge >= 0.3 is 0 Å². The summed E-state index contributed by atoms with van der Waals surface area (Å²) in [4.78, 5) is 30.9. The molecule has 0 bridgehead atoms. The molecule has 28 heavy (non-hydrogen) atoms. The molecule has 0 aliphatic carbocycles. The number of ketones is 1. The van der Waals surface area contributed by atoms with Gasteiger partial charge in [-0.05, 0) is 49.2 Å². The van der Waals surface area contributed by atoms with Crippen molar-refractivity contribution in [2.24, 2.45) is 0 Å². The number of para-hydroxylation sites is 1. The molecule has 0 spiro atoms. The zero-order chi connectivity index (χ0) is 19.7. The van der Waals surface area contributed by atoms with Crippen LogP contribution in [0, 0.1) is 0 Å². The lowest BCUT2D eigenvalue weighted by Gasteiger charge is -2.15. The van der Waals surface area contributed by atoms with Gasteiger partial charge in [-0.15, -0.1) is 0 Å². The highest BCUT2D eigenvalue weighted by Gasteiger charge is 2.25. The predicted octanol–water partition coefficient (Wildman–Crippen LogP) is 4.14. The maximum Gasteiger partial charge on any atom is 0.223 e. The second-order valence-corrected chi connectivity index (χ2v) is 8.11. The van der Waals surface area contributed by atoms with Crippen molar-refractivity contribution in [1.29, 1.82) is 0 Å². The molecular weight excluding hydrogens is 370 g/mol. The van der Waals surface area contributed by atoms with Crippen LogP contribution in [0.2, 0.25) is 0 Å². The van der Waals surface area contributed by atoms with Gasteiger partial charge in [-0.25, -0.2) is 4.98 Å². The Morgan fingerprint density at radius 3 is 2.68 bits per heavy atom. The smallest absolute Gasteiger partial charge is 0.223 e. The number of amides is 1. The summed E-state index contributed by atoms with van der Waals surface area (Å²) in [6.07, 6.45) is 4.44. The van der Waals surface area contributed by atoms with Crippen LogP contribution in [0.25, 0.3) is 5.69 Å². The predicted molar refractivity (Wildman–Crippen MR) is 111 cm³/mol. The van der Waals surface area contributed by atoms with E-state index in [0.717, 1.165) is 28.5 Å². The molecule has 4 rings (SSSR count). The van der Waals surface area contributed by atoms with Gasteiger partial charge in [0.1, 0.15) is 0 Å². The minimum Gasteiger partial charge on any atom is -0.312 e. The summed E-state index contributed by atoms with van der Waals surface area (Å²) in [7, 11) is 0. The Bertz CT molecular complexity index is 1030. The molecule has 2 heterocycles. The Morgan fingerprint density at radius 2 is 1.93 bits per heavy atom. The van der Waals surface area contributed by atoms with Crippen molar-refractivity contribution in [2.45, 2.75) is 30.7 Å². The number of fused-ring (bicyclic) bond motifs is 1. The van der Waals surface area contributed by atoms with Crippen LogP contribution in [0.3, 0.4) is 0 Å². The number of carbonyl (C=O) groups excluding carboxylic acids is 2. The lowest BCUT2D eigenvalue weighted by atomic mass is 10.0. The Kier molecular flexibility index (Phi) is 5.05. The van der Waals surface area contributed by atoms with Crippen molar-refractivity contribution in [3.8, 4) is 5.69 Å². The Hall–Kier alpha value is -2.86. The van der Waals surface area contributed by atoms with Crippen molar-refractivity contribution >= 4 is 29.1 Å². The van der Waals surface area contributed by atoms with Gasteiger partial charge in [0.25, 0.3) is 0 Å². The molecule has 0 fully saturated rings. The first-order valence-corrected chi connectivity index (χ1v) is 10.1. The van der Waals surface area contributed by atoms with Crippen LogP contribution in [0.4, 0.5) is 5.69 Å². The third-order valence-electron chi connectivity index (χ3n) is 4.93. The molecule has 1 aromatic heterocycles. The lowest BCUT2D eigenvalue weighted by molar-refractivity contribution is -0.116. The number of carbonyl (C=O) groups is 2. The minimum absolute atomic E-state index is 0.0366. The molecule has 0 radical (unpaired) electrons. The van der Waals surface area contributed by atoms with Gasteiger partial charge in [-0.3, -0.25) is 14.2 Å². The average Bonchev–Trinajstić information content (AvgIpc) is 3.34. The van der Waals surface area contributed by atoms with Crippen molar-refractivity contribution in [1.82, 2.24) is 9.55 Å². The first-order valence-electron chi connectivity index (χ1n) is 9.25. The van der Waals surface area contributed by atoms with Crippen LogP contribution in [-0.2, 0) is 11.2 Å². The van der Waals surface area contributed by atoms with Crippen LogP contribution in [-0.4, -0.2) is 33.0 Å². The lowest BCUT2D eigenvalue weighted by Crippen LogP contribution is -2.25. The number of nitrogens with zero attached hydrogens (tertiary/aromatic N) is 3. The number of aromatic nitrogens is 2. The fourth-order valence-corrected chi connectivity index (χ4v) is 4.45. The van der Waals surface area contributed by atoms with Crippen molar-refractivity contribution in [2.75, 3.05) is 11.4 Å². The molecule has 1 amide bonds. The summed E-state index contributed by atoms with van der Waals surface area (Å²) in [5.41, 5.74) is 3.68. The van der Waals surface area contributed by atoms with Gasteiger partial charge in [0.15, 0.2) is 10.9 Å². The second kappa shape index (κ2) is 7.64. The Labute approximate surface area is 168 Å². The van der Waals surface area contributed by atoms with E-state index in [0.29, 0.717) is 12.1 Å². The van der Waals surface area contributed by atoms with E-state index in [1.807, 2.05) is 66.2 Å². The molecule has 1 atom stereocenters. The molecular formula is C22H21N3O2S. The number of Topliss-reactive ketones (excluding diaryl/α,β-unsaturated/α-hetero) is 1. The average molecular weight is 391 g/mol. The number of benzene rings is 2. The van der Waals surface area contributed by atoms with E-state index in [2.05, 4.69) is 4.98 Å². The fraction of sp³-hybridized carbons (Fsp3) is 0.227. The van der Waals surface area contributed by atoms with E-state index in [-0.39, 0.29) is 16.9 Å². The monoisotopic (exact) mass is 391 g/mol. The summed E-state index contributed by atoms with van der Waals surface area (Å²) < 4.78 is 1.99. The Balaban J connectivity index is 1.53. The summed E-state index contributed by atoms with van der Waals surface area (Å²) in [5, 5.41) is 0.518. The highest BCUT2D eigenvalue weighted by atomic mass is 32.2. The van der Waals surface area contributed by atoms with Crippen LogP contribution < -0.4 is 4.90 Å². The van der Waals surface area contributed by atoms with Crippen LogP contribution >= 0.6 is 11.8 Å². The molecule has 0 N–H and O–H groups in total. The van der Waals surface area contributed by atoms with Gasteiger partial charge in [0.05, 0.1) is 5.25 Å². The molecule has 1 aliphatic rings. The first-order chi connectivity index (χ1) is 13.5. The highest BCUT2D eigenvalue weighted by molar-refractivity contribution is 8.00. The van der Waals surface area contributed by atoms with Gasteiger partial charge < -0.3 is 4.90 Å². The molecule has 0 saturated carbocycles. The molecule has 0 saturated heterocycles. The normalized spacial score (nSPS) is 14.0. The third-order valence-corrected chi connectivity index (χ3v) is 6.01. The number of hydrogen-bond acceptors (Lipinski definition) is 4. The van der Waals surface area contributed by atoms with E-state index in [1.54, 1.807) is 18.0 Å². The molecule has 1 aliphatic heterocycles. The molecule has 6 heteroatoms. The summed E-state index contributed by atoms with van der Waals surface area (Å²) in [6, 6.07) is 15.6. The van der Waals surface area contributed by atoms with Gasteiger partial charge in [-0.2, -0.15) is 0 Å². The van der Waals surface area contributed by atoms with Crippen molar-refractivity contribution in [3.63, 3.8) is 0 Å². The summed E-state index contributed by atoms with van der Waals surface area (Å²) in [6.45, 7) is 4.16. The van der Waals surface area contributed by atoms with E-state index in [9.17, 15) is 9.59 Å². The maximum atomic E-state index is 13.0. The van der Waals surface area contributed by atoms with Crippen molar-refractivity contribution < 1.29 is 9.59 Å². The molecule has 2 aromatic carbocycles. The van der Waals surface area contributed by atoms with E-state index >= 15 is 0 Å². The number of imidazole rings is 1. The summed E-state index contributed by atoms with van der Waals surface area (Å²) in [5.74, 6) is 0.103. The highest BCUT2D eigenvalue weighted by Crippen LogP contribution is 2.31. The topological polar surface area (TPSA) is 55.2 Å². The van der Waals surface area contributed by atoms with Crippen molar-refractivity contribution in [3.05, 3.63) is 72.1 Å². The number of hydrogen-bond donors (Lipinski definition) is 0. The largest absolute Gasteiger partial charge is 0.312 e. The number of thioether (sulfide) groups is 1.